The summed E-state index contributed by atoms with van der Waals surface area (Å²) in [6, 6.07) is 15.9. The van der Waals surface area contributed by atoms with Crippen LogP contribution in [-0.2, 0) is 11.3 Å². The van der Waals surface area contributed by atoms with Crippen molar-refractivity contribution in [2.75, 3.05) is 12.4 Å². The van der Waals surface area contributed by atoms with Gasteiger partial charge in [0, 0.05) is 22.3 Å². The normalized spacial score (nSPS) is 10.9. The molecular weight excluding hydrogens is 406 g/mol. The number of hydrogen-bond acceptors (Lipinski definition) is 5. The topological polar surface area (TPSA) is 90.5 Å². The van der Waals surface area contributed by atoms with Gasteiger partial charge in [-0.25, -0.2) is 18.9 Å². The van der Waals surface area contributed by atoms with E-state index in [9.17, 15) is 9.59 Å². The highest BCUT2D eigenvalue weighted by Crippen LogP contribution is 2.22. The van der Waals surface area contributed by atoms with Crippen molar-refractivity contribution in [3.63, 3.8) is 0 Å². The summed E-state index contributed by atoms with van der Waals surface area (Å²) in [6.45, 7) is 1.50. The first-order chi connectivity index (χ1) is 14.4. The molecule has 0 spiro atoms. The maximum Gasteiger partial charge on any atom is 0.352 e. The highest BCUT2D eigenvalue weighted by molar-refractivity contribution is 6.30. The number of methoxy groups -OCH3 is 1. The number of aryl methyl sites for hydroxylation is 1. The number of carbonyl (C=O) groups excluding carboxylic acids is 1. The van der Waals surface area contributed by atoms with Crippen molar-refractivity contribution in [2.24, 2.45) is 0 Å². The third kappa shape index (κ3) is 3.90. The Morgan fingerprint density at radius 2 is 1.83 bits per heavy atom. The molecule has 0 radical (unpaired) electrons. The number of carbonyl (C=O) groups is 1. The first-order valence-corrected chi connectivity index (χ1v) is 9.49. The van der Waals surface area contributed by atoms with E-state index < -0.39 is 5.69 Å². The predicted molar refractivity (Wildman–Crippen MR) is 114 cm³/mol. The molecule has 8 nitrogen and oxygen atoms in total. The van der Waals surface area contributed by atoms with Crippen LogP contribution in [0.1, 0.15) is 5.82 Å². The number of amides is 1. The number of nitrogens with zero attached hydrogens (tertiary/aromatic N) is 4. The molecule has 0 saturated heterocycles. The zero-order valence-electron chi connectivity index (χ0n) is 16.3. The zero-order chi connectivity index (χ0) is 21.3. The van der Waals surface area contributed by atoms with Gasteiger partial charge in [-0.2, -0.15) is 0 Å². The summed E-state index contributed by atoms with van der Waals surface area (Å²) in [5, 5.41) is 7.60. The lowest BCUT2D eigenvalue weighted by Crippen LogP contribution is -2.28. The summed E-state index contributed by atoms with van der Waals surface area (Å²) in [7, 11) is 1.60. The summed E-state index contributed by atoms with van der Waals surface area (Å²) >= 11 is 5.85. The van der Waals surface area contributed by atoms with E-state index in [0.717, 1.165) is 16.0 Å². The lowest BCUT2D eigenvalue weighted by atomic mass is 10.1. The van der Waals surface area contributed by atoms with Gasteiger partial charge in [0.2, 0.25) is 5.91 Å². The van der Waals surface area contributed by atoms with E-state index in [2.05, 4.69) is 15.4 Å². The minimum absolute atomic E-state index is 0.222. The van der Waals surface area contributed by atoms with Crippen molar-refractivity contribution < 1.29 is 9.53 Å². The van der Waals surface area contributed by atoms with E-state index in [-0.39, 0.29) is 12.5 Å². The number of halogens is 1. The first-order valence-electron chi connectivity index (χ1n) is 9.11. The molecule has 9 heteroatoms. The van der Waals surface area contributed by atoms with Gasteiger partial charge in [0.1, 0.15) is 18.1 Å². The number of fused-ring (bicyclic) bond motifs is 1. The molecule has 152 valence electrons. The lowest BCUT2D eigenvalue weighted by molar-refractivity contribution is -0.117. The molecule has 2 aromatic carbocycles. The number of anilines is 1. The predicted octanol–water partition coefficient (Wildman–Crippen LogP) is 3.17. The van der Waals surface area contributed by atoms with Gasteiger partial charge in [-0.05, 0) is 55.5 Å². The number of aromatic nitrogens is 4. The van der Waals surface area contributed by atoms with Crippen LogP contribution in [-0.4, -0.2) is 32.2 Å². The summed E-state index contributed by atoms with van der Waals surface area (Å²) in [6.07, 6.45) is 0. The Hall–Kier alpha value is -3.65. The minimum Gasteiger partial charge on any atom is -0.497 e. The first kappa shape index (κ1) is 19.7. The standard InChI is InChI=1S/C21H18ClN5O3/c1-13-23-18(14-3-9-17(30-2)10-4-14)11-19-25-26(21(29)27(13)19)12-20(28)24-16-7-5-15(22)6-8-16/h3-11H,12H2,1-2H3,(H,24,28). The molecule has 2 heterocycles. The Morgan fingerprint density at radius 1 is 1.13 bits per heavy atom. The molecule has 0 atom stereocenters. The highest BCUT2D eigenvalue weighted by atomic mass is 35.5. The van der Waals surface area contributed by atoms with Gasteiger partial charge in [0.15, 0.2) is 5.65 Å². The molecule has 1 amide bonds. The lowest BCUT2D eigenvalue weighted by Gasteiger charge is -2.05. The molecule has 4 rings (SSSR count). The zero-order valence-corrected chi connectivity index (χ0v) is 17.1. The van der Waals surface area contributed by atoms with Crippen LogP contribution in [0.5, 0.6) is 5.75 Å². The number of rotatable bonds is 5. The van der Waals surface area contributed by atoms with Gasteiger partial charge in [-0.3, -0.25) is 4.79 Å². The molecule has 0 bridgehead atoms. The smallest absolute Gasteiger partial charge is 0.352 e. The van der Waals surface area contributed by atoms with Crippen LogP contribution >= 0.6 is 11.6 Å². The van der Waals surface area contributed by atoms with E-state index in [4.69, 9.17) is 16.3 Å². The Morgan fingerprint density at radius 3 is 2.50 bits per heavy atom. The summed E-state index contributed by atoms with van der Waals surface area (Å²) in [5.41, 5.74) is 2.11. The maximum atomic E-state index is 12.7. The molecule has 0 fully saturated rings. The van der Waals surface area contributed by atoms with E-state index in [1.807, 2.05) is 24.3 Å². The van der Waals surface area contributed by atoms with Crippen LogP contribution < -0.4 is 15.7 Å². The van der Waals surface area contributed by atoms with Gasteiger partial charge in [-0.1, -0.05) is 11.6 Å². The Labute approximate surface area is 176 Å². The molecule has 0 aliphatic rings. The van der Waals surface area contributed by atoms with Gasteiger partial charge < -0.3 is 10.1 Å². The van der Waals surface area contributed by atoms with Crippen LogP contribution in [0.15, 0.2) is 59.4 Å². The van der Waals surface area contributed by atoms with Crippen LogP contribution in [0.3, 0.4) is 0 Å². The third-order valence-corrected chi connectivity index (χ3v) is 4.80. The quantitative estimate of drug-likeness (QED) is 0.532. The summed E-state index contributed by atoms with van der Waals surface area (Å²) < 4.78 is 7.67. The molecule has 0 aliphatic heterocycles. The van der Waals surface area contributed by atoms with Crippen molar-refractivity contribution in [1.82, 2.24) is 19.2 Å². The van der Waals surface area contributed by atoms with Gasteiger partial charge >= 0.3 is 5.69 Å². The second kappa shape index (κ2) is 8.00. The Balaban J connectivity index is 1.62. The van der Waals surface area contributed by atoms with Crippen LogP contribution in [0, 0.1) is 6.92 Å². The number of benzene rings is 2. The van der Waals surface area contributed by atoms with E-state index in [1.165, 1.54) is 4.40 Å². The number of hydrogen-bond donors (Lipinski definition) is 1. The van der Waals surface area contributed by atoms with E-state index in [0.29, 0.717) is 27.9 Å². The number of nitrogens with one attached hydrogen (secondary N) is 1. The largest absolute Gasteiger partial charge is 0.497 e. The van der Waals surface area contributed by atoms with Crippen molar-refractivity contribution >= 4 is 28.8 Å². The fourth-order valence-corrected chi connectivity index (χ4v) is 3.21. The average Bonchev–Trinajstić information content (AvgIpc) is 3.05. The second-order valence-corrected chi connectivity index (χ2v) is 7.04. The summed E-state index contributed by atoms with van der Waals surface area (Å²) in [4.78, 5) is 29.6. The van der Waals surface area contributed by atoms with Crippen molar-refractivity contribution in [3.05, 3.63) is 75.9 Å². The Bertz CT molecular complexity index is 1280. The van der Waals surface area contributed by atoms with Gasteiger partial charge in [-0.15, -0.1) is 5.10 Å². The van der Waals surface area contributed by atoms with Crippen molar-refractivity contribution in [1.29, 1.82) is 0 Å². The van der Waals surface area contributed by atoms with Crippen molar-refractivity contribution in [2.45, 2.75) is 13.5 Å². The highest BCUT2D eigenvalue weighted by Gasteiger charge is 2.15. The second-order valence-electron chi connectivity index (χ2n) is 6.61. The molecule has 30 heavy (non-hydrogen) atoms. The van der Waals surface area contributed by atoms with E-state index >= 15 is 0 Å². The van der Waals surface area contributed by atoms with Crippen LogP contribution in [0.25, 0.3) is 16.9 Å². The number of ether oxygens (including phenoxy) is 1. The average molecular weight is 424 g/mol. The summed E-state index contributed by atoms with van der Waals surface area (Å²) in [5.74, 6) is 0.847. The van der Waals surface area contributed by atoms with Gasteiger partial charge in [0.05, 0.1) is 12.8 Å². The fraction of sp³-hybridized carbons (Fsp3) is 0.143. The molecule has 0 saturated carbocycles. The molecule has 2 aromatic heterocycles. The SMILES string of the molecule is COc1ccc(-c2cc3nn(CC(=O)Nc4ccc(Cl)cc4)c(=O)n3c(C)n2)cc1. The maximum absolute atomic E-state index is 12.7. The minimum atomic E-state index is -0.428. The molecule has 1 N–H and O–H groups in total. The molecule has 4 aromatic rings. The Kier molecular flexibility index (Phi) is 5.24. The van der Waals surface area contributed by atoms with E-state index in [1.54, 1.807) is 44.4 Å². The van der Waals surface area contributed by atoms with Crippen LogP contribution in [0.4, 0.5) is 5.69 Å². The molecular formula is C21H18ClN5O3. The monoisotopic (exact) mass is 423 g/mol. The van der Waals surface area contributed by atoms with Gasteiger partial charge in [0.25, 0.3) is 0 Å². The molecule has 0 unspecified atom stereocenters. The van der Waals surface area contributed by atoms with Crippen LogP contribution in [0.2, 0.25) is 5.02 Å². The molecule has 0 aliphatic carbocycles. The van der Waals surface area contributed by atoms with Crippen molar-refractivity contribution in [3.8, 4) is 17.0 Å². The third-order valence-electron chi connectivity index (χ3n) is 4.54. The fourth-order valence-electron chi connectivity index (χ4n) is 3.08.